The molecule has 1 aromatic rings. The van der Waals surface area contributed by atoms with Gasteiger partial charge < -0.3 is 15.0 Å². The molecule has 1 aliphatic heterocycles. The summed E-state index contributed by atoms with van der Waals surface area (Å²) in [6.45, 7) is 6.26. The first-order valence-electron chi connectivity index (χ1n) is 9.51. The second-order valence-corrected chi connectivity index (χ2v) is 9.03. The lowest BCUT2D eigenvalue weighted by atomic mass is 10.2. The Morgan fingerprint density at radius 1 is 1.23 bits per heavy atom. The molecule has 0 unspecified atom stereocenters. The lowest BCUT2D eigenvalue weighted by Crippen LogP contribution is -2.54. The van der Waals surface area contributed by atoms with Crippen LogP contribution >= 0.6 is 24.0 Å². The van der Waals surface area contributed by atoms with E-state index in [1.54, 1.807) is 19.2 Å². The Morgan fingerprint density at radius 2 is 1.83 bits per heavy atom. The van der Waals surface area contributed by atoms with E-state index >= 15 is 0 Å². The average Bonchev–Trinajstić information content (AvgIpc) is 2.68. The van der Waals surface area contributed by atoms with Crippen molar-refractivity contribution in [2.24, 2.45) is 4.99 Å². The molecule has 0 amide bonds. The largest absolute Gasteiger partial charge is 0.378 e. The molecule has 12 heteroatoms. The second-order valence-electron chi connectivity index (χ2n) is 6.95. The van der Waals surface area contributed by atoms with Crippen LogP contribution in [-0.2, 0) is 21.3 Å². The number of aliphatic imine (C=N–C) groups is 1. The number of non-ortho nitro benzene ring substituents is 1. The van der Waals surface area contributed by atoms with Gasteiger partial charge in [-0.15, -0.1) is 24.0 Å². The van der Waals surface area contributed by atoms with Crippen LogP contribution in [0.2, 0.25) is 0 Å². The second kappa shape index (κ2) is 12.4. The molecular formula is C18H30IN5O5S. The topological polar surface area (TPSA) is 117 Å². The van der Waals surface area contributed by atoms with Gasteiger partial charge in [-0.05, 0) is 19.4 Å². The minimum atomic E-state index is -3.33. The van der Waals surface area contributed by atoms with Gasteiger partial charge in [-0.3, -0.25) is 15.1 Å². The van der Waals surface area contributed by atoms with Crippen LogP contribution in [0, 0.1) is 10.1 Å². The number of nitro benzene ring substituents is 1. The lowest BCUT2D eigenvalue weighted by Gasteiger charge is -2.35. The highest BCUT2D eigenvalue weighted by Crippen LogP contribution is 2.12. The predicted molar refractivity (Wildman–Crippen MR) is 127 cm³/mol. The lowest BCUT2D eigenvalue weighted by molar-refractivity contribution is -0.384. The third-order valence-corrected chi connectivity index (χ3v) is 6.37. The number of ether oxygens (including phenoxy) is 1. The van der Waals surface area contributed by atoms with Crippen LogP contribution in [0.25, 0.3) is 0 Å². The van der Waals surface area contributed by atoms with E-state index in [0.717, 1.165) is 5.56 Å². The first-order valence-corrected chi connectivity index (χ1v) is 11.1. The van der Waals surface area contributed by atoms with Crippen molar-refractivity contribution in [2.75, 3.05) is 45.6 Å². The number of guanidine groups is 1. The van der Waals surface area contributed by atoms with E-state index in [1.807, 2.05) is 18.7 Å². The number of benzene rings is 1. The number of nitrogens with one attached hydrogen (secondary N) is 1. The molecule has 0 saturated carbocycles. The minimum absolute atomic E-state index is 0. The maximum absolute atomic E-state index is 12.4. The molecular weight excluding hydrogens is 525 g/mol. The molecule has 0 aromatic heterocycles. The number of sulfonamides is 1. The highest BCUT2D eigenvalue weighted by Gasteiger charge is 2.28. The van der Waals surface area contributed by atoms with Crippen molar-refractivity contribution in [2.45, 2.75) is 26.5 Å². The number of hydrogen-bond donors (Lipinski definition) is 1. The molecule has 2 rings (SSSR count). The fourth-order valence-corrected chi connectivity index (χ4v) is 4.23. The van der Waals surface area contributed by atoms with Crippen LogP contribution in [0.3, 0.4) is 0 Å². The first-order chi connectivity index (χ1) is 13.7. The van der Waals surface area contributed by atoms with Crippen LogP contribution < -0.4 is 5.32 Å². The fourth-order valence-electron chi connectivity index (χ4n) is 2.95. The summed E-state index contributed by atoms with van der Waals surface area (Å²) in [4.78, 5) is 16.6. The van der Waals surface area contributed by atoms with Crippen LogP contribution in [0.5, 0.6) is 0 Å². The number of halogens is 1. The maximum atomic E-state index is 12.4. The van der Waals surface area contributed by atoms with Gasteiger partial charge in [0.15, 0.2) is 5.96 Å². The maximum Gasteiger partial charge on any atom is 0.269 e. The van der Waals surface area contributed by atoms with Gasteiger partial charge in [0.05, 0.1) is 23.4 Å². The number of piperazine rings is 1. The third kappa shape index (κ3) is 7.96. The molecule has 170 valence electrons. The van der Waals surface area contributed by atoms with E-state index in [4.69, 9.17) is 4.74 Å². The third-order valence-electron chi connectivity index (χ3n) is 4.53. The van der Waals surface area contributed by atoms with Gasteiger partial charge in [0.25, 0.3) is 5.69 Å². The molecule has 1 fully saturated rings. The molecule has 1 saturated heterocycles. The van der Waals surface area contributed by atoms with E-state index < -0.39 is 14.9 Å². The summed E-state index contributed by atoms with van der Waals surface area (Å²) in [6, 6.07) is 6.32. The van der Waals surface area contributed by atoms with E-state index in [9.17, 15) is 18.5 Å². The van der Waals surface area contributed by atoms with Crippen molar-refractivity contribution >= 4 is 45.6 Å². The monoisotopic (exact) mass is 555 g/mol. The standard InChI is InChI=1S/C18H29N5O5S.HI/c1-15(2)28-12-13-29(26,27)22-10-8-21(9-11-22)18(19-3)20-14-16-4-6-17(7-5-16)23(24)25;/h4-7,15H,8-14H2,1-3H3,(H,19,20);1H. The Morgan fingerprint density at radius 3 is 2.33 bits per heavy atom. The van der Waals surface area contributed by atoms with Crippen molar-refractivity contribution in [1.29, 1.82) is 0 Å². The highest BCUT2D eigenvalue weighted by molar-refractivity contribution is 14.0. The number of rotatable bonds is 8. The predicted octanol–water partition coefficient (Wildman–Crippen LogP) is 1.66. The first kappa shape index (κ1) is 26.5. The van der Waals surface area contributed by atoms with Gasteiger partial charge in [-0.2, -0.15) is 4.31 Å². The molecule has 0 atom stereocenters. The van der Waals surface area contributed by atoms with Crippen molar-refractivity contribution < 1.29 is 18.1 Å². The number of nitrogens with zero attached hydrogens (tertiary/aromatic N) is 4. The van der Waals surface area contributed by atoms with Crippen LogP contribution in [-0.4, -0.2) is 80.2 Å². The summed E-state index contributed by atoms with van der Waals surface area (Å²) in [7, 11) is -1.66. The quantitative estimate of drug-likeness (QED) is 0.171. The Labute approximate surface area is 194 Å². The zero-order chi connectivity index (χ0) is 21.4. The molecule has 10 nitrogen and oxygen atoms in total. The van der Waals surface area contributed by atoms with Crippen LogP contribution in [0.15, 0.2) is 29.3 Å². The van der Waals surface area contributed by atoms with E-state index in [0.29, 0.717) is 38.7 Å². The summed E-state index contributed by atoms with van der Waals surface area (Å²) in [6.07, 6.45) is 0.00666. The van der Waals surface area contributed by atoms with Gasteiger partial charge in [-0.1, -0.05) is 12.1 Å². The Hall–Kier alpha value is -1.51. The molecule has 30 heavy (non-hydrogen) atoms. The van der Waals surface area contributed by atoms with Crippen LogP contribution in [0.4, 0.5) is 5.69 Å². The van der Waals surface area contributed by atoms with Crippen LogP contribution in [0.1, 0.15) is 19.4 Å². The smallest absolute Gasteiger partial charge is 0.269 e. The molecule has 1 aliphatic rings. The van der Waals surface area contributed by atoms with Gasteiger partial charge >= 0.3 is 0 Å². The van der Waals surface area contributed by atoms with Crippen molar-refractivity contribution in [3.05, 3.63) is 39.9 Å². The number of hydrogen-bond acceptors (Lipinski definition) is 6. The van der Waals surface area contributed by atoms with E-state index in [-0.39, 0.29) is 48.1 Å². The Balaban J connectivity index is 0.00000450. The number of nitro groups is 1. The normalized spacial score (nSPS) is 15.7. The molecule has 0 radical (unpaired) electrons. The average molecular weight is 555 g/mol. The molecule has 0 aliphatic carbocycles. The zero-order valence-corrected chi connectivity index (χ0v) is 20.6. The molecule has 0 bridgehead atoms. The van der Waals surface area contributed by atoms with Gasteiger partial charge in [-0.25, -0.2) is 8.42 Å². The van der Waals surface area contributed by atoms with Crippen molar-refractivity contribution in [1.82, 2.24) is 14.5 Å². The molecule has 1 heterocycles. The summed E-state index contributed by atoms with van der Waals surface area (Å²) in [5.41, 5.74) is 0.942. The van der Waals surface area contributed by atoms with E-state index in [2.05, 4.69) is 10.3 Å². The van der Waals surface area contributed by atoms with Crippen molar-refractivity contribution in [3.8, 4) is 0 Å². The minimum Gasteiger partial charge on any atom is -0.378 e. The summed E-state index contributed by atoms with van der Waals surface area (Å²) in [5.74, 6) is 0.654. The molecule has 0 spiro atoms. The SMILES string of the molecule is CN=C(NCc1ccc([N+](=O)[O-])cc1)N1CCN(S(=O)(=O)CCOC(C)C)CC1.I. The zero-order valence-electron chi connectivity index (χ0n) is 17.5. The van der Waals surface area contributed by atoms with Gasteiger partial charge in [0, 0.05) is 51.9 Å². The summed E-state index contributed by atoms with van der Waals surface area (Å²) >= 11 is 0. The Bertz CT molecular complexity index is 809. The van der Waals surface area contributed by atoms with Crippen molar-refractivity contribution in [3.63, 3.8) is 0 Å². The summed E-state index contributed by atoms with van der Waals surface area (Å²) in [5, 5.41) is 13.9. The molecule has 1 N–H and O–H groups in total. The molecule has 1 aromatic carbocycles. The van der Waals surface area contributed by atoms with E-state index in [1.165, 1.54) is 16.4 Å². The van der Waals surface area contributed by atoms with Gasteiger partial charge in [0.2, 0.25) is 10.0 Å². The van der Waals surface area contributed by atoms with Gasteiger partial charge in [0.1, 0.15) is 0 Å². The highest BCUT2D eigenvalue weighted by atomic mass is 127. The Kier molecular flexibility index (Phi) is 10.9. The summed E-state index contributed by atoms with van der Waals surface area (Å²) < 4.78 is 31.7. The fraction of sp³-hybridized carbons (Fsp3) is 0.611.